The number of carboxylic acids is 1. The van der Waals surface area contributed by atoms with E-state index in [1.807, 2.05) is 0 Å². The predicted molar refractivity (Wildman–Crippen MR) is 22.7 cm³/mol. The molecule has 0 saturated carbocycles. The molecule has 5 N–H and O–H groups in total. The third-order valence-corrected chi connectivity index (χ3v) is 0.341. The van der Waals surface area contributed by atoms with E-state index in [-0.39, 0.29) is 23.2 Å². The summed E-state index contributed by atoms with van der Waals surface area (Å²) in [6, 6.07) is 0. The Hall–Kier alpha value is -0.0905. The first-order valence-corrected chi connectivity index (χ1v) is 1.53. The van der Waals surface area contributed by atoms with Crippen molar-refractivity contribution in [1.82, 2.24) is 6.15 Å². The minimum absolute atomic E-state index is 0. The first kappa shape index (κ1) is 15.7. The van der Waals surface area contributed by atoms with E-state index in [4.69, 9.17) is 5.11 Å². The Kier molecular flexibility index (Phi) is 13.5. The molecule has 8 heavy (non-hydrogen) atoms. The Balaban J connectivity index is -0.000000125. The fourth-order valence-electron chi connectivity index (χ4n) is 0. The molecule has 4 nitrogen and oxygen atoms in total. The number of rotatable bonds is 1. The second-order valence-corrected chi connectivity index (χ2v) is 0.995. The SMILES string of the molecule is CC(O)C(=O)[O-].[Mn].[NH4+]. The van der Waals surface area contributed by atoms with Crippen molar-refractivity contribution < 1.29 is 32.1 Å². The van der Waals surface area contributed by atoms with E-state index in [2.05, 4.69) is 0 Å². The van der Waals surface area contributed by atoms with Crippen molar-refractivity contribution in [1.29, 1.82) is 0 Å². The van der Waals surface area contributed by atoms with Gasteiger partial charge in [-0.1, -0.05) is 0 Å². The monoisotopic (exact) mass is 162 g/mol. The molecule has 0 aromatic rings. The fourth-order valence-corrected chi connectivity index (χ4v) is 0. The smallest absolute Gasteiger partial charge is 0.0905 e. The number of carboxylic acid groups (broad SMARTS) is 1. The molecule has 51 valence electrons. The van der Waals surface area contributed by atoms with Crippen LogP contribution in [0.5, 0.6) is 0 Å². The van der Waals surface area contributed by atoms with Gasteiger partial charge in [-0.15, -0.1) is 0 Å². The summed E-state index contributed by atoms with van der Waals surface area (Å²) in [7, 11) is 0. The van der Waals surface area contributed by atoms with E-state index in [1.165, 1.54) is 0 Å². The van der Waals surface area contributed by atoms with Crippen LogP contribution in [0.2, 0.25) is 0 Å². The van der Waals surface area contributed by atoms with Gasteiger partial charge in [0.2, 0.25) is 0 Å². The van der Waals surface area contributed by atoms with Gasteiger partial charge in [0.05, 0.1) is 12.1 Å². The zero-order valence-corrected chi connectivity index (χ0v) is 5.90. The van der Waals surface area contributed by atoms with Gasteiger partial charge in [0, 0.05) is 17.1 Å². The molecule has 0 aromatic heterocycles. The number of quaternary nitrogens is 1. The van der Waals surface area contributed by atoms with Crippen LogP contribution < -0.4 is 11.3 Å². The van der Waals surface area contributed by atoms with Crippen LogP contribution in [0.3, 0.4) is 0 Å². The molecule has 0 heterocycles. The van der Waals surface area contributed by atoms with Gasteiger partial charge >= 0.3 is 0 Å². The van der Waals surface area contributed by atoms with Crippen LogP contribution in [0.15, 0.2) is 0 Å². The second kappa shape index (κ2) is 6.91. The quantitative estimate of drug-likeness (QED) is 0.458. The number of hydrogen-bond donors (Lipinski definition) is 2. The molecule has 0 fully saturated rings. The number of aliphatic hydroxyl groups excluding tert-OH is 1. The Bertz CT molecular complexity index is 65.5. The Morgan fingerprint density at radius 1 is 1.75 bits per heavy atom. The third-order valence-electron chi connectivity index (χ3n) is 0.341. The van der Waals surface area contributed by atoms with E-state index in [0.29, 0.717) is 0 Å². The number of aliphatic hydroxyl groups is 1. The third kappa shape index (κ3) is 9.32. The number of aliphatic carboxylic acids is 1. The van der Waals surface area contributed by atoms with E-state index in [9.17, 15) is 9.90 Å². The van der Waals surface area contributed by atoms with Gasteiger partial charge in [-0.3, -0.25) is 0 Å². The Labute approximate surface area is 58.0 Å². The van der Waals surface area contributed by atoms with Crippen molar-refractivity contribution in [2.45, 2.75) is 13.0 Å². The van der Waals surface area contributed by atoms with Crippen LogP contribution in [0.4, 0.5) is 0 Å². The molecule has 1 unspecified atom stereocenters. The van der Waals surface area contributed by atoms with E-state index in [0.717, 1.165) is 6.92 Å². The summed E-state index contributed by atoms with van der Waals surface area (Å²) in [4.78, 5) is 9.34. The maximum Gasteiger partial charge on any atom is 0.0905 e. The Morgan fingerprint density at radius 2 is 1.88 bits per heavy atom. The standard InChI is InChI=1S/C3H6O3.Mn.H3N/c1-2(4)3(5)6;;/h2,4H,1H3,(H,5,6);;1H3. The molecule has 1 radical (unpaired) electrons. The van der Waals surface area contributed by atoms with Crippen molar-refractivity contribution >= 4 is 5.97 Å². The molecule has 0 aliphatic carbocycles. The van der Waals surface area contributed by atoms with Crippen molar-refractivity contribution in [3.63, 3.8) is 0 Å². The average molecular weight is 162 g/mol. The van der Waals surface area contributed by atoms with Gasteiger partial charge in [0.1, 0.15) is 0 Å². The number of hydrogen-bond acceptors (Lipinski definition) is 3. The molecule has 5 heteroatoms. The van der Waals surface area contributed by atoms with Crippen LogP contribution >= 0.6 is 0 Å². The topological polar surface area (TPSA) is 96.9 Å². The normalized spacial score (nSPS) is 10.2. The maximum absolute atomic E-state index is 9.34. The summed E-state index contributed by atoms with van der Waals surface area (Å²) >= 11 is 0. The maximum atomic E-state index is 9.34. The summed E-state index contributed by atoms with van der Waals surface area (Å²) in [6.45, 7) is 1.13. The van der Waals surface area contributed by atoms with Crippen LogP contribution in [-0.4, -0.2) is 17.2 Å². The predicted octanol–water partition coefficient (Wildman–Crippen LogP) is -1.51. The summed E-state index contributed by atoms with van der Waals surface area (Å²) in [5.41, 5.74) is 0. The van der Waals surface area contributed by atoms with Crippen molar-refractivity contribution in [2.75, 3.05) is 0 Å². The molecular formula is C3H9MnNO3. The van der Waals surface area contributed by atoms with Gasteiger partial charge < -0.3 is 21.2 Å². The van der Waals surface area contributed by atoms with Gasteiger partial charge in [0.25, 0.3) is 0 Å². The second-order valence-electron chi connectivity index (χ2n) is 0.995. The molecule has 0 aliphatic rings. The molecule has 0 bridgehead atoms. The van der Waals surface area contributed by atoms with Crippen LogP contribution in [0, 0.1) is 0 Å². The van der Waals surface area contributed by atoms with Gasteiger partial charge in [-0.2, -0.15) is 0 Å². The van der Waals surface area contributed by atoms with Crippen molar-refractivity contribution in [2.24, 2.45) is 0 Å². The van der Waals surface area contributed by atoms with Crippen LogP contribution in [0.25, 0.3) is 0 Å². The summed E-state index contributed by atoms with van der Waals surface area (Å²) in [5, 5.41) is 17.3. The first-order chi connectivity index (χ1) is 2.64. The largest absolute Gasteiger partial charge is 0.547 e. The van der Waals surface area contributed by atoms with Gasteiger partial charge in [-0.25, -0.2) is 0 Å². The molecular weight excluding hydrogens is 153 g/mol. The zero-order valence-electron chi connectivity index (χ0n) is 4.72. The first-order valence-electron chi connectivity index (χ1n) is 1.53. The summed E-state index contributed by atoms with van der Waals surface area (Å²) in [5.74, 6) is -1.44. The number of carbonyl (C=O) groups excluding carboxylic acids is 1. The van der Waals surface area contributed by atoms with Gasteiger partial charge in [-0.05, 0) is 6.92 Å². The molecule has 0 aliphatic heterocycles. The Morgan fingerprint density at radius 3 is 1.88 bits per heavy atom. The minimum atomic E-state index is -1.44. The summed E-state index contributed by atoms with van der Waals surface area (Å²) in [6.07, 6.45) is -1.34. The van der Waals surface area contributed by atoms with E-state index in [1.54, 1.807) is 0 Å². The zero-order chi connectivity index (χ0) is 5.15. The molecule has 0 rings (SSSR count). The van der Waals surface area contributed by atoms with Crippen molar-refractivity contribution in [3.05, 3.63) is 0 Å². The van der Waals surface area contributed by atoms with Crippen LogP contribution in [-0.2, 0) is 21.9 Å². The number of carbonyl (C=O) groups is 1. The average Bonchev–Trinajstić information content (AvgIpc) is 1.36. The molecule has 0 aromatic carbocycles. The van der Waals surface area contributed by atoms with E-state index < -0.39 is 12.1 Å². The molecule has 1 atom stereocenters. The minimum Gasteiger partial charge on any atom is -0.547 e. The summed E-state index contributed by atoms with van der Waals surface area (Å²) < 4.78 is 0. The molecule has 0 amide bonds. The van der Waals surface area contributed by atoms with Gasteiger partial charge in [0.15, 0.2) is 0 Å². The van der Waals surface area contributed by atoms with Crippen LogP contribution in [0.1, 0.15) is 6.92 Å². The molecule has 0 saturated heterocycles. The molecule has 0 spiro atoms. The fraction of sp³-hybridized carbons (Fsp3) is 0.667. The van der Waals surface area contributed by atoms with E-state index >= 15 is 0 Å². The van der Waals surface area contributed by atoms with Crippen molar-refractivity contribution in [3.8, 4) is 0 Å².